The van der Waals surface area contributed by atoms with Gasteiger partial charge in [-0.05, 0) is 36.8 Å². The Morgan fingerprint density at radius 2 is 2.00 bits per heavy atom. The Hall–Kier alpha value is -3.09. The summed E-state index contributed by atoms with van der Waals surface area (Å²) in [7, 11) is 1.66. The molecule has 2 aromatic rings. The highest BCUT2D eigenvalue weighted by Gasteiger charge is 2.07. The summed E-state index contributed by atoms with van der Waals surface area (Å²) in [6.07, 6.45) is -0.187. The van der Waals surface area contributed by atoms with E-state index >= 15 is 0 Å². The summed E-state index contributed by atoms with van der Waals surface area (Å²) >= 11 is 0. The van der Waals surface area contributed by atoms with Gasteiger partial charge in [0.15, 0.2) is 5.96 Å². The van der Waals surface area contributed by atoms with E-state index in [2.05, 4.69) is 15.6 Å². The average molecular weight is 358 g/mol. The van der Waals surface area contributed by atoms with Crippen LogP contribution in [-0.4, -0.2) is 31.6 Å². The minimum Gasteiger partial charge on any atom is -0.489 e. The minimum absolute atomic E-state index is 0.187. The largest absolute Gasteiger partial charge is 0.489 e. The van der Waals surface area contributed by atoms with E-state index in [9.17, 15) is 9.18 Å². The Bertz CT molecular complexity index is 780. The number of aliphatic imine (C=N–C) groups is 1. The first-order valence-corrected chi connectivity index (χ1v) is 8.23. The molecule has 138 valence electrons. The van der Waals surface area contributed by atoms with Crippen molar-refractivity contribution in [2.24, 2.45) is 10.7 Å². The van der Waals surface area contributed by atoms with Gasteiger partial charge >= 0.3 is 0 Å². The molecule has 0 radical (unpaired) electrons. The van der Waals surface area contributed by atoms with Crippen molar-refractivity contribution in [2.45, 2.75) is 19.6 Å². The summed E-state index contributed by atoms with van der Waals surface area (Å²) in [5, 5.41) is 6.29. The quantitative estimate of drug-likeness (QED) is 0.522. The number of carbonyl (C=O) groups is 1. The number of primary amides is 1. The maximum atomic E-state index is 13.2. The fourth-order valence-corrected chi connectivity index (χ4v) is 2.30. The summed E-state index contributed by atoms with van der Waals surface area (Å²) in [6.45, 7) is 2.85. The second-order valence-corrected chi connectivity index (χ2v) is 5.76. The van der Waals surface area contributed by atoms with E-state index in [1.165, 1.54) is 12.1 Å². The van der Waals surface area contributed by atoms with Crippen molar-refractivity contribution in [2.75, 3.05) is 13.6 Å². The zero-order valence-corrected chi connectivity index (χ0v) is 14.8. The molecule has 0 bridgehead atoms. The molecule has 6 nitrogen and oxygen atoms in total. The average Bonchev–Trinajstić information content (AvgIpc) is 2.62. The predicted octanol–water partition coefficient (Wildman–Crippen LogP) is 2.06. The second kappa shape index (κ2) is 9.41. The van der Waals surface area contributed by atoms with Crippen LogP contribution in [0.4, 0.5) is 4.39 Å². The van der Waals surface area contributed by atoms with Gasteiger partial charge in [-0.3, -0.25) is 9.79 Å². The first-order chi connectivity index (χ1) is 12.5. The van der Waals surface area contributed by atoms with Crippen molar-refractivity contribution in [3.8, 4) is 5.75 Å². The topological polar surface area (TPSA) is 88.7 Å². The van der Waals surface area contributed by atoms with Crippen LogP contribution < -0.4 is 21.1 Å². The van der Waals surface area contributed by atoms with Crippen LogP contribution in [0.15, 0.2) is 53.5 Å². The number of hydrogen-bond acceptors (Lipinski definition) is 3. The van der Waals surface area contributed by atoms with Crippen LogP contribution >= 0.6 is 0 Å². The van der Waals surface area contributed by atoms with Gasteiger partial charge < -0.3 is 21.1 Å². The molecule has 0 fully saturated rings. The van der Waals surface area contributed by atoms with Gasteiger partial charge in [-0.2, -0.15) is 0 Å². The Balaban J connectivity index is 1.82. The van der Waals surface area contributed by atoms with Gasteiger partial charge in [0.25, 0.3) is 0 Å². The molecule has 0 aromatic heterocycles. The predicted molar refractivity (Wildman–Crippen MR) is 99.7 cm³/mol. The standard InChI is InChI=1S/C19H23FN4O2/c1-13(26-17-8-4-7-16(20)10-17)11-23-19(22-2)24-12-14-5-3-6-15(9-14)18(21)25/h3-10,13H,11-12H2,1-2H3,(H2,21,25)(H2,22,23,24). The third kappa shape index (κ3) is 6.08. The van der Waals surface area contributed by atoms with E-state index in [-0.39, 0.29) is 11.9 Å². The van der Waals surface area contributed by atoms with Gasteiger partial charge in [-0.25, -0.2) is 4.39 Å². The Labute approximate surface area is 152 Å². The Morgan fingerprint density at radius 1 is 1.23 bits per heavy atom. The molecule has 0 saturated carbocycles. The van der Waals surface area contributed by atoms with Gasteiger partial charge in [0.1, 0.15) is 17.7 Å². The van der Waals surface area contributed by atoms with Crippen LogP contribution in [0.1, 0.15) is 22.8 Å². The van der Waals surface area contributed by atoms with E-state index in [4.69, 9.17) is 10.5 Å². The number of nitrogens with one attached hydrogen (secondary N) is 2. The first-order valence-electron chi connectivity index (χ1n) is 8.23. The maximum absolute atomic E-state index is 13.2. The molecule has 1 atom stereocenters. The van der Waals surface area contributed by atoms with E-state index in [0.29, 0.717) is 30.4 Å². The monoisotopic (exact) mass is 358 g/mol. The molecule has 4 N–H and O–H groups in total. The molecule has 0 aliphatic rings. The number of nitrogens with two attached hydrogens (primary N) is 1. The van der Waals surface area contributed by atoms with Crippen molar-refractivity contribution in [1.29, 1.82) is 0 Å². The zero-order chi connectivity index (χ0) is 18.9. The number of hydrogen-bond donors (Lipinski definition) is 3. The number of amides is 1. The fourth-order valence-electron chi connectivity index (χ4n) is 2.30. The van der Waals surface area contributed by atoms with E-state index in [0.717, 1.165) is 5.56 Å². The Kier molecular flexibility index (Phi) is 6.96. The number of carbonyl (C=O) groups excluding carboxylic acids is 1. The highest BCUT2D eigenvalue weighted by Crippen LogP contribution is 2.13. The summed E-state index contributed by atoms with van der Waals surface area (Å²) in [5.41, 5.74) is 6.66. The molecule has 0 saturated heterocycles. The van der Waals surface area contributed by atoms with Crippen molar-refractivity contribution >= 4 is 11.9 Å². The number of ether oxygens (including phenoxy) is 1. The molecule has 7 heteroatoms. The third-order valence-corrected chi connectivity index (χ3v) is 3.59. The van der Waals surface area contributed by atoms with Gasteiger partial charge in [0.05, 0.1) is 6.54 Å². The summed E-state index contributed by atoms with van der Waals surface area (Å²) < 4.78 is 18.8. The summed E-state index contributed by atoms with van der Waals surface area (Å²) in [4.78, 5) is 15.4. The number of rotatable bonds is 7. The molecule has 26 heavy (non-hydrogen) atoms. The molecular weight excluding hydrogens is 335 g/mol. The summed E-state index contributed by atoms with van der Waals surface area (Å²) in [6, 6.07) is 13.1. The van der Waals surface area contributed by atoms with Gasteiger partial charge in [-0.1, -0.05) is 18.2 Å². The van der Waals surface area contributed by atoms with Crippen molar-refractivity contribution in [3.05, 3.63) is 65.5 Å². The van der Waals surface area contributed by atoms with Crippen molar-refractivity contribution in [3.63, 3.8) is 0 Å². The van der Waals surface area contributed by atoms with Crippen LogP contribution in [0.5, 0.6) is 5.75 Å². The van der Waals surface area contributed by atoms with Crippen LogP contribution in [0.2, 0.25) is 0 Å². The number of halogens is 1. The minimum atomic E-state index is -0.460. The Morgan fingerprint density at radius 3 is 2.69 bits per heavy atom. The van der Waals surface area contributed by atoms with Crippen LogP contribution in [0, 0.1) is 5.82 Å². The highest BCUT2D eigenvalue weighted by atomic mass is 19.1. The lowest BCUT2D eigenvalue weighted by Crippen LogP contribution is -2.41. The van der Waals surface area contributed by atoms with E-state index in [1.54, 1.807) is 37.4 Å². The SMILES string of the molecule is CN=C(NCc1cccc(C(N)=O)c1)NCC(C)Oc1cccc(F)c1. The van der Waals surface area contributed by atoms with Crippen LogP contribution in [0.3, 0.4) is 0 Å². The van der Waals surface area contributed by atoms with Crippen LogP contribution in [0.25, 0.3) is 0 Å². The molecule has 0 aliphatic heterocycles. The molecule has 0 aliphatic carbocycles. The molecule has 0 spiro atoms. The number of guanidine groups is 1. The second-order valence-electron chi connectivity index (χ2n) is 5.76. The lowest BCUT2D eigenvalue weighted by atomic mass is 10.1. The van der Waals surface area contributed by atoms with Gasteiger partial charge in [0, 0.05) is 25.2 Å². The zero-order valence-electron chi connectivity index (χ0n) is 14.8. The maximum Gasteiger partial charge on any atom is 0.248 e. The molecule has 1 unspecified atom stereocenters. The van der Waals surface area contributed by atoms with Crippen molar-refractivity contribution in [1.82, 2.24) is 10.6 Å². The summed E-state index contributed by atoms with van der Waals surface area (Å²) in [5.74, 6) is 0.269. The van der Waals surface area contributed by atoms with Gasteiger partial charge in [-0.15, -0.1) is 0 Å². The molecule has 2 rings (SSSR count). The fraction of sp³-hybridized carbons (Fsp3) is 0.263. The van der Waals surface area contributed by atoms with Gasteiger partial charge in [0.2, 0.25) is 5.91 Å². The molecule has 2 aromatic carbocycles. The first kappa shape index (κ1) is 19.2. The highest BCUT2D eigenvalue weighted by molar-refractivity contribution is 5.92. The molecule has 1 amide bonds. The number of nitrogens with zero attached hydrogens (tertiary/aromatic N) is 1. The van der Waals surface area contributed by atoms with Crippen molar-refractivity contribution < 1.29 is 13.9 Å². The lowest BCUT2D eigenvalue weighted by molar-refractivity contribution is 0.1000. The third-order valence-electron chi connectivity index (χ3n) is 3.59. The van der Waals surface area contributed by atoms with Crippen LogP contribution in [-0.2, 0) is 6.54 Å². The van der Waals surface area contributed by atoms with E-state index < -0.39 is 5.91 Å². The smallest absolute Gasteiger partial charge is 0.248 e. The molecule has 0 heterocycles. The molecular formula is C19H23FN4O2. The lowest BCUT2D eigenvalue weighted by Gasteiger charge is -2.18. The van der Waals surface area contributed by atoms with E-state index in [1.807, 2.05) is 13.0 Å². The normalized spacial score (nSPS) is 12.3. The number of benzene rings is 2.